The van der Waals surface area contributed by atoms with Crippen LogP contribution in [0.15, 0.2) is 35.1 Å². The number of aromatic nitrogens is 2. The van der Waals surface area contributed by atoms with Gasteiger partial charge in [0, 0.05) is 31.3 Å². The molecule has 2 rings (SSSR count). The number of anilines is 2. The zero-order chi connectivity index (χ0) is 14.7. The molecule has 0 saturated heterocycles. The molecule has 0 aromatic carbocycles. The van der Waals surface area contributed by atoms with Crippen molar-refractivity contribution >= 4 is 33.3 Å². The molecule has 0 spiro atoms. The summed E-state index contributed by atoms with van der Waals surface area (Å²) in [4.78, 5) is 18.4. The Morgan fingerprint density at radius 3 is 2.75 bits per heavy atom. The van der Waals surface area contributed by atoms with Gasteiger partial charge in [-0.15, -0.1) is 0 Å². The minimum absolute atomic E-state index is 0.142. The quantitative estimate of drug-likeness (QED) is 0.933. The van der Waals surface area contributed by atoms with E-state index < -0.39 is 0 Å². The van der Waals surface area contributed by atoms with Crippen molar-refractivity contribution in [3.63, 3.8) is 0 Å². The van der Waals surface area contributed by atoms with E-state index in [2.05, 4.69) is 26.2 Å². The highest BCUT2D eigenvalue weighted by atomic mass is 79.9. The lowest BCUT2D eigenvalue weighted by molar-refractivity contribution is 0.101. The van der Waals surface area contributed by atoms with Gasteiger partial charge in [-0.3, -0.25) is 4.79 Å². The molecule has 1 N–H and O–H groups in total. The van der Waals surface area contributed by atoms with Crippen LogP contribution >= 0.6 is 15.9 Å². The lowest BCUT2D eigenvalue weighted by Gasteiger charge is -2.12. The minimum atomic E-state index is -0.142. The van der Waals surface area contributed by atoms with Crippen LogP contribution in [0, 0.1) is 0 Å². The highest BCUT2D eigenvalue weighted by Crippen LogP contribution is 2.17. The molecule has 0 fully saturated rings. The second-order valence-electron chi connectivity index (χ2n) is 4.58. The number of hydrogen-bond acceptors (Lipinski definition) is 3. The second kappa shape index (κ2) is 6.09. The Kier molecular flexibility index (Phi) is 4.44. The molecule has 0 radical (unpaired) electrons. The third-order valence-corrected chi connectivity index (χ3v) is 3.33. The van der Waals surface area contributed by atoms with Crippen molar-refractivity contribution in [2.75, 3.05) is 24.3 Å². The molecule has 0 aliphatic rings. The van der Waals surface area contributed by atoms with E-state index in [1.807, 2.05) is 48.8 Å². The van der Waals surface area contributed by atoms with Crippen molar-refractivity contribution in [1.29, 1.82) is 0 Å². The molecule has 0 aliphatic carbocycles. The maximum atomic E-state index is 12.2. The van der Waals surface area contributed by atoms with Crippen molar-refractivity contribution in [1.82, 2.24) is 9.55 Å². The van der Waals surface area contributed by atoms with Crippen LogP contribution in [0.5, 0.6) is 0 Å². The number of carbonyl (C=O) groups is 1. The molecule has 106 valence electrons. The third kappa shape index (κ3) is 3.19. The lowest BCUT2D eigenvalue weighted by atomic mass is 10.3. The summed E-state index contributed by atoms with van der Waals surface area (Å²) in [6.07, 6.45) is 3.55. The Bertz CT molecular complexity index is 604. The topological polar surface area (TPSA) is 50.2 Å². The third-order valence-electron chi connectivity index (χ3n) is 2.90. The van der Waals surface area contributed by atoms with Crippen LogP contribution in [0.1, 0.15) is 17.4 Å². The van der Waals surface area contributed by atoms with Gasteiger partial charge < -0.3 is 14.8 Å². The Labute approximate surface area is 126 Å². The van der Waals surface area contributed by atoms with E-state index >= 15 is 0 Å². The van der Waals surface area contributed by atoms with Crippen LogP contribution in [0.25, 0.3) is 0 Å². The van der Waals surface area contributed by atoms with Crippen LogP contribution < -0.4 is 10.2 Å². The Morgan fingerprint density at radius 1 is 1.45 bits per heavy atom. The van der Waals surface area contributed by atoms with Crippen molar-refractivity contribution < 1.29 is 4.79 Å². The van der Waals surface area contributed by atoms with Gasteiger partial charge in [-0.05, 0) is 41.1 Å². The lowest BCUT2D eigenvalue weighted by Crippen LogP contribution is -2.17. The van der Waals surface area contributed by atoms with Gasteiger partial charge in [0.15, 0.2) is 0 Å². The van der Waals surface area contributed by atoms with Crippen molar-refractivity contribution in [2.24, 2.45) is 0 Å². The van der Waals surface area contributed by atoms with Crippen molar-refractivity contribution in [3.8, 4) is 0 Å². The van der Waals surface area contributed by atoms with E-state index in [9.17, 15) is 4.79 Å². The van der Waals surface area contributed by atoms with Gasteiger partial charge in [0.2, 0.25) is 0 Å². The van der Waals surface area contributed by atoms with Crippen molar-refractivity contribution in [3.05, 3.63) is 40.8 Å². The predicted molar refractivity (Wildman–Crippen MR) is 84.3 cm³/mol. The first-order valence-corrected chi connectivity index (χ1v) is 7.11. The predicted octanol–water partition coefficient (Wildman–Crippen LogP) is 2.98. The molecule has 20 heavy (non-hydrogen) atoms. The summed E-state index contributed by atoms with van der Waals surface area (Å²) >= 11 is 3.38. The van der Waals surface area contributed by atoms with Gasteiger partial charge in [0.05, 0.1) is 11.9 Å². The fourth-order valence-electron chi connectivity index (χ4n) is 1.85. The summed E-state index contributed by atoms with van der Waals surface area (Å²) < 4.78 is 2.78. The van der Waals surface area contributed by atoms with E-state index in [4.69, 9.17) is 0 Å². The summed E-state index contributed by atoms with van der Waals surface area (Å²) in [7, 11) is 3.85. The van der Waals surface area contributed by atoms with E-state index in [0.717, 1.165) is 16.8 Å². The molecule has 0 saturated carbocycles. The largest absolute Gasteiger partial charge is 0.363 e. The number of halogens is 1. The van der Waals surface area contributed by atoms with E-state index in [0.29, 0.717) is 11.4 Å². The van der Waals surface area contributed by atoms with Gasteiger partial charge in [0.25, 0.3) is 5.91 Å². The summed E-state index contributed by atoms with van der Waals surface area (Å²) in [5.41, 5.74) is 1.30. The van der Waals surface area contributed by atoms with Gasteiger partial charge >= 0.3 is 0 Å². The molecule has 1 amide bonds. The Balaban J connectivity index is 2.14. The number of aryl methyl sites for hydroxylation is 1. The molecular weight excluding hydrogens is 320 g/mol. The molecular formula is C14H17BrN4O. The van der Waals surface area contributed by atoms with Crippen LogP contribution in [0.2, 0.25) is 0 Å². The second-order valence-corrected chi connectivity index (χ2v) is 5.50. The first kappa shape index (κ1) is 14.6. The molecule has 0 aliphatic heterocycles. The first-order valence-electron chi connectivity index (χ1n) is 6.31. The maximum Gasteiger partial charge on any atom is 0.272 e. The fourth-order valence-corrected chi connectivity index (χ4v) is 2.31. The highest BCUT2D eigenvalue weighted by Gasteiger charge is 2.12. The Hall–Kier alpha value is -1.82. The van der Waals surface area contributed by atoms with Gasteiger partial charge in [-0.25, -0.2) is 4.98 Å². The van der Waals surface area contributed by atoms with Crippen LogP contribution in [-0.4, -0.2) is 29.6 Å². The molecule has 0 atom stereocenters. The number of amides is 1. The number of carbonyl (C=O) groups excluding carboxylic acids is 1. The molecule has 2 aromatic heterocycles. The maximum absolute atomic E-state index is 12.2. The smallest absolute Gasteiger partial charge is 0.272 e. The highest BCUT2D eigenvalue weighted by molar-refractivity contribution is 9.10. The summed E-state index contributed by atoms with van der Waals surface area (Å²) in [5.74, 6) is 0.708. The SMILES string of the molecule is CCn1cc(Br)cc1C(=O)Nc1ccc(N(C)C)nc1. The average molecular weight is 337 g/mol. The van der Waals surface area contributed by atoms with Crippen LogP contribution in [0.4, 0.5) is 11.5 Å². The van der Waals surface area contributed by atoms with Gasteiger partial charge in [0.1, 0.15) is 11.5 Å². The molecule has 6 heteroatoms. The number of rotatable bonds is 4. The minimum Gasteiger partial charge on any atom is -0.363 e. The number of nitrogens with zero attached hydrogens (tertiary/aromatic N) is 3. The summed E-state index contributed by atoms with van der Waals surface area (Å²) in [6, 6.07) is 5.51. The van der Waals surface area contributed by atoms with Gasteiger partial charge in [-0.2, -0.15) is 0 Å². The number of hydrogen-bond donors (Lipinski definition) is 1. The van der Waals surface area contributed by atoms with Crippen LogP contribution in [-0.2, 0) is 6.54 Å². The van der Waals surface area contributed by atoms with Crippen molar-refractivity contribution in [2.45, 2.75) is 13.5 Å². The standard InChI is InChI=1S/C14H17BrN4O/c1-4-19-9-10(15)7-12(19)14(20)17-11-5-6-13(16-8-11)18(2)3/h5-9H,4H2,1-3H3,(H,17,20). The van der Waals surface area contributed by atoms with Crippen LogP contribution in [0.3, 0.4) is 0 Å². The fraction of sp³-hybridized carbons (Fsp3) is 0.286. The molecule has 2 aromatic rings. The van der Waals surface area contributed by atoms with E-state index in [1.165, 1.54) is 0 Å². The van der Waals surface area contributed by atoms with Gasteiger partial charge in [-0.1, -0.05) is 0 Å². The summed E-state index contributed by atoms with van der Waals surface area (Å²) in [6.45, 7) is 2.74. The zero-order valence-electron chi connectivity index (χ0n) is 11.7. The molecule has 5 nitrogen and oxygen atoms in total. The Morgan fingerprint density at radius 2 is 2.20 bits per heavy atom. The first-order chi connectivity index (χ1) is 9.51. The van der Waals surface area contributed by atoms with E-state index in [-0.39, 0.29) is 5.91 Å². The monoisotopic (exact) mass is 336 g/mol. The molecule has 2 heterocycles. The number of nitrogens with one attached hydrogen (secondary N) is 1. The number of pyridine rings is 1. The average Bonchev–Trinajstić information content (AvgIpc) is 2.80. The molecule has 0 unspecified atom stereocenters. The normalized spacial score (nSPS) is 10.4. The molecule has 0 bridgehead atoms. The van der Waals surface area contributed by atoms with E-state index in [1.54, 1.807) is 12.3 Å². The summed E-state index contributed by atoms with van der Waals surface area (Å²) in [5, 5.41) is 2.85. The zero-order valence-corrected chi connectivity index (χ0v) is 13.3.